The molecule has 0 aliphatic carbocycles. The van der Waals surface area contributed by atoms with E-state index in [1.807, 2.05) is 17.5 Å². The minimum Gasteiger partial charge on any atom is -0.383 e. The summed E-state index contributed by atoms with van der Waals surface area (Å²) in [5.74, 6) is -1.11. The van der Waals surface area contributed by atoms with Crippen molar-refractivity contribution < 1.29 is 22.3 Å². The van der Waals surface area contributed by atoms with Crippen molar-refractivity contribution >= 4 is 44.7 Å². The maximum atomic E-state index is 13.4. The van der Waals surface area contributed by atoms with E-state index in [9.17, 15) is 17.6 Å². The lowest BCUT2D eigenvalue weighted by Crippen LogP contribution is -2.57. The van der Waals surface area contributed by atoms with E-state index >= 15 is 0 Å². The van der Waals surface area contributed by atoms with Crippen molar-refractivity contribution in [3.63, 3.8) is 0 Å². The van der Waals surface area contributed by atoms with Gasteiger partial charge in [-0.15, -0.1) is 11.3 Å². The van der Waals surface area contributed by atoms with Crippen molar-refractivity contribution in [3.8, 4) is 0 Å². The number of rotatable bonds is 6. The molecule has 7 nitrogen and oxygen atoms in total. The number of hydrogen-bond donors (Lipinski definition) is 1. The van der Waals surface area contributed by atoms with Gasteiger partial charge in [-0.3, -0.25) is 4.79 Å². The number of anilines is 1. The molecule has 1 aromatic carbocycles. The van der Waals surface area contributed by atoms with Crippen molar-refractivity contribution in [1.29, 1.82) is 0 Å². The molecule has 1 aliphatic heterocycles. The zero-order valence-corrected chi connectivity index (χ0v) is 18.2. The Morgan fingerprint density at radius 3 is 2.79 bits per heavy atom. The molecule has 0 radical (unpaired) electrons. The Kier molecular flexibility index (Phi) is 6.92. The van der Waals surface area contributed by atoms with Crippen LogP contribution in [0.5, 0.6) is 0 Å². The average Bonchev–Trinajstić information content (AvgIpc) is 3.20. The fourth-order valence-electron chi connectivity index (χ4n) is 3.23. The molecule has 0 saturated carbocycles. The van der Waals surface area contributed by atoms with Crippen LogP contribution in [0.3, 0.4) is 0 Å². The van der Waals surface area contributed by atoms with E-state index in [1.54, 1.807) is 0 Å². The highest BCUT2D eigenvalue weighted by molar-refractivity contribution is 7.86. The Morgan fingerprint density at radius 1 is 1.41 bits per heavy atom. The standard InChI is InChI=1S/C18H21ClFN3O4S2/c1-22-16(18(24)21-12-5-6-14(20)13(19)10-12)11-15(17-4-3-9-28-17)23(7-8-27-2)29(22,25)26/h3-6,9-10,15-16H,7-8,11H2,1-2H3,(H,21,24). The van der Waals surface area contributed by atoms with Crippen LogP contribution < -0.4 is 5.32 Å². The van der Waals surface area contributed by atoms with Crippen molar-refractivity contribution in [2.75, 3.05) is 32.6 Å². The van der Waals surface area contributed by atoms with Gasteiger partial charge in [0.1, 0.15) is 11.9 Å². The van der Waals surface area contributed by atoms with Crippen LogP contribution in [-0.2, 0) is 19.7 Å². The molecule has 11 heteroatoms. The first kappa shape index (κ1) is 22.1. The van der Waals surface area contributed by atoms with Gasteiger partial charge in [-0.25, -0.2) is 4.39 Å². The van der Waals surface area contributed by atoms with E-state index < -0.39 is 34.0 Å². The van der Waals surface area contributed by atoms with Gasteiger partial charge in [0.25, 0.3) is 10.2 Å². The third-order valence-electron chi connectivity index (χ3n) is 4.77. The van der Waals surface area contributed by atoms with Crippen LogP contribution in [-0.4, -0.2) is 56.3 Å². The van der Waals surface area contributed by atoms with Crippen LogP contribution in [0.2, 0.25) is 5.02 Å². The Hall–Kier alpha value is -1.56. The van der Waals surface area contributed by atoms with Crippen molar-refractivity contribution in [2.24, 2.45) is 0 Å². The van der Waals surface area contributed by atoms with Gasteiger partial charge in [-0.2, -0.15) is 17.0 Å². The quantitative estimate of drug-likeness (QED) is 0.716. The van der Waals surface area contributed by atoms with Crippen molar-refractivity contribution in [3.05, 3.63) is 51.4 Å². The van der Waals surface area contributed by atoms with E-state index in [1.165, 1.54) is 41.9 Å². The molecule has 1 aliphatic rings. The molecule has 2 atom stereocenters. The lowest BCUT2D eigenvalue weighted by molar-refractivity contribution is -0.120. The second kappa shape index (κ2) is 9.07. The van der Waals surface area contributed by atoms with Crippen LogP contribution in [0, 0.1) is 5.82 Å². The molecule has 1 fully saturated rings. The first-order chi connectivity index (χ1) is 13.8. The number of carbonyl (C=O) groups excluding carboxylic acids is 1. The van der Waals surface area contributed by atoms with Crippen LogP contribution >= 0.6 is 22.9 Å². The number of amides is 1. The predicted molar refractivity (Wildman–Crippen MR) is 111 cm³/mol. The smallest absolute Gasteiger partial charge is 0.283 e. The predicted octanol–water partition coefficient (Wildman–Crippen LogP) is 3.12. The number of thiophene rings is 1. The first-order valence-corrected chi connectivity index (χ1v) is 11.4. The van der Waals surface area contributed by atoms with Crippen LogP contribution in [0.25, 0.3) is 0 Å². The maximum absolute atomic E-state index is 13.4. The third-order valence-corrected chi connectivity index (χ3v) is 8.05. The third kappa shape index (κ3) is 4.62. The number of ether oxygens (including phenoxy) is 1. The van der Waals surface area contributed by atoms with Gasteiger partial charge in [0.2, 0.25) is 5.91 Å². The first-order valence-electron chi connectivity index (χ1n) is 8.78. The molecule has 2 unspecified atom stereocenters. The normalized spacial score (nSPS) is 22.5. The lowest BCUT2D eigenvalue weighted by atomic mass is 10.0. The maximum Gasteiger partial charge on any atom is 0.283 e. The van der Waals surface area contributed by atoms with Crippen molar-refractivity contribution in [1.82, 2.24) is 8.61 Å². The van der Waals surface area contributed by atoms with Gasteiger partial charge in [0.05, 0.1) is 17.7 Å². The second-order valence-electron chi connectivity index (χ2n) is 6.53. The van der Waals surface area contributed by atoms with Crippen LogP contribution in [0.4, 0.5) is 10.1 Å². The van der Waals surface area contributed by atoms with E-state index in [0.717, 1.165) is 15.2 Å². The van der Waals surface area contributed by atoms with Gasteiger partial charge in [-0.05, 0) is 36.1 Å². The molecule has 1 N–H and O–H groups in total. The molecule has 1 saturated heterocycles. The minimum atomic E-state index is -3.90. The number of nitrogens with zero attached hydrogens (tertiary/aromatic N) is 2. The lowest BCUT2D eigenvalue weighted by Gasteiger charge is -2.42. The summed E-state index contributed by atoms with van der Waals surface area (Å²) < 4.78 is 47.1. The Morgan fingerprint density at radius 2 is 2.17 bits per heavy atom. The molecule has 158 valence electrons. The van der Waals surface area contributed by atoms with E-state index in [-0.39, 0.29) is 24.6 Å². The van der Waals surface area contributed by atoms with Crippen LogP contribution in [0.15, 0.2) is 35.7 Å². The molecule has 2 aromatic rings. The topological polar surface area (TPSA) is 79.0 Å². The van der Waals surface area contributed by atoms with Gasteiger partial charge >= 0.3 is 0 Å². The molecular formula is C18H21ClFN3O4S2. The molecule has 1 aromatic heterocycles. The molecule has 29 heavy (non-hydrogen) atoms. The van der Waals surface area contributed by atoms with Gasteiger partial charge < -0.3 is 10.1 Å². The van der Waals surface area contributed by atoms with Gasteiger partial charge in [0.15, 0.2) is 0 Å². The number of likely N-dealkylation sites (N-methyl/N-ethyl adjacent to an activating group) is 1. The molecular weight excluding hydrogens is 441 g/mol. The number of hydrogen-bond acceptors (Lipinski definition) is 5. The average molecular weight is 462 g/mol. The molecule has 0 spiro atoms. The summed E-state index contributed by atoms with van der Waals surface area (Å²) in [6, 6.07) is 6.07. The SMILES string of the molecule is COCCN1C(c2cccs2)CC(C(=O)Nc2ccc(F)c(Cl)c2)N(C)S1(=O)=O. The molecule has 1 amide bonds. The Balaban J connectivity index is 1.89. The summed E-state index contributed by atoms with van der Waals surface area (Å²) in [5, 5.41) is 4.37. The van der Waals surface area contributed by atoms with Crippen molar-refractivity contribution in [2.45, 2.75) is 18.5 Å². The van der Waals surface area contributed by atoms with E-state index in [0.29, 0.717) is 5.69 Å². The second-order valence-corrected chi connectivity index (χ2v) is 9.86. The summed E-state index contributed by atoms with van der Waals surface area (Å²) >= 11 is 7.20. The van der Waals surface area contributed by atoms with E-state index in [2.05, 4.69) is 5.32 Å². The van der Waals surface area contributed by atoms with Crippen LogP contribution in [0.1, 0.15) is 17.3 Å². The molecule has 0 bridgehead atoms. The summed E-state index contributed by atoms with van der Waals surface area (Å²) in [6.45, 7) is 0.410. The molecule has 2 heterocycles. The fourth-order valence-corrected chi connectivity index (χ4v) is 5.99. The monoisotopic (exact) mass is 461 g/mol. The zero-order valence-electron chi connectivity index (χ0n) is 15.8. The summed E-state index contributed by atoms with van der Waals surface area (Å²) in [6.07, 6.45) is 0.265. The Bertz CT molecular complexity index is 971. The Labute approximate surface area is 178 Å². The van der Waals surface area contributed by atoms with E-state index in [4.69, 9.17) is 16.3 Å². The summed E-state index contributed by atoms with van der Waals surface area (Å²) in [7, 11) is -1.02. The largest absolute Gasteiger partial charge is 0.383 e. The number of carbonyl (C=O) groups is 1. The molecule has 3 rings (SSSR count). The number of methoxy groups -OCH3 is 1. The van der Waals surface area contributed by atoms with Gasteiger partial charge in [-0.1, -0.05) is 17.7 Å². The number of halogens is 2. The summed E-state index contributed by atoms with van der Waals surface area (Å²) in [4.78, 5) is 13.8. The zero-order chi connectivity index (χ0) is 21.2. The highest BCUT2D eigenvalue weighted by Crippen LogP contribution is 2.38. The minimum absolute atomic E-state index is 0.130. The van der Waals surface area contributed by atoms with Gasteiger partial charge in [0, 0.05) is 31.3 Å². The highest BCUT2D eigenvalue weighted by Gasteiger charge is 2.46. The number of nitrogens with one attached hydrogen (secondary N) is 1. The summed E-state index contributed by atoms with van der Waals surface area (Å²) in [5.41, 5.74) is 0.293. The number of benzene rings is 1. The fraction of sp³-hybridized carbons (Fsp3) is 0.389. The highest BCUT2D eigenvalue weighted by atomic mass is 35.5.